The summed E-state index contributed by atoms with van der Waals surface area (Å²) in [5, 5.41) is 12.4. The summed E-state index contributed by atoms with van der Waals surface area (Å²) in [4.78, 5) is 4.01. The first-order valence-electron chi connectivity index (χ1n) is 4.62. The standard InChI is InChI=1S/C10H16N2O/c1-2-5-12-10(8-13)9-4-3-6-11-7-9/h3-4,6-7,10,12-13H,2,5,8H2,1H3. The van der Waals surface area contributed by atoms with Gasteiger partial charge in [-0.05, 0) is 24.6 Å². The highest BCUT2D eigenvalue weighted by Crippen LogP contribution is 2.09. The summed E-state index contributed by atoms with van der Waals surface area (Å²) < 4.78 is 0. The molecule has 0 fully saturated rings. The average molecular weight is 180 g/mol. The molecule has 1 aromatic heterocycles. The van der Waals surface area contributed by atoms with Gasteiger partial charge < -0.3 is 10.4 Å². The lowest BCUT2D eigenvalue weighted by atomic mass is 10.1. The van der Waals surface area contributed by atoms with Crippen LogP contribution in [0.2, 0.25) is 0 Å². The maximum absolute atomic E-state index is 9.12. The van der Waals surface area contributed by atoms with Gasteiger partial charge in [-0.1, -0.05) is 13.0 Å². The molecule has 2 N–H and O–H groups in total. The predicted molar refractivity (Wildman–Crippen MR) is 52.4 cm³/mol. The van der Waals surface area contributed by atoms with E-state index in [1.807, 2.05) is 12.1 Å². The first-order valence-corrected chi connectivity index (χ1v) is 4.62. The quantitative estimate of drug-likeness (QED) is 0.713. The molecule has 1 atom stereocenters. The molecule has 1 aromatic rings. The smallest absolute Gasteiger partial charge is 0.0627 e. The Labute approximate surface area is 78.8 Å². The number of rotatable bonds is 5. The zero-order valence-corrected chi connectivity index (χ0v) is 7.90. The molecule has 0 aliphatic heterocycles. The molecule has 0 saturated heterocycles. The minimum atomic E-state index is 0.0219. The van der Waals surface area contributed by atoms with E-state index >= 15 is 0 Å². The number of pyridine rings is 1. The van der Waals surface area contributed by atoms with Crippen molar-refractivity contribution in [2.75, 3.05) is 13.2 Å². The van der Waals surface area contributed by atoms with Crippen molar-refractivity contribution in [3.8, 4) is 0 Å². The Morgan fingerprint density at radius 1 is 1.62 bits per heavy atom. The van der Waals surface area contributed by atoms with Crippen LogP contribution in [0.5, 0.6) is 0 Å². The molecule has 0 saturated carbocycles. The van der Waals surface area contributed by atoms with E-state index in [1.165, 1.54) is 0 Å². The van der Waals surface area contributed by atoms with Gasteiger partial charge in [0.2, 0.25) is 0 Å². The predicted octanol–water partition coefficient (Wildman–Crippen LogP) is 1.11. The molecule has 0 aromatic carbocycles. The fourth-order valence-electron chi connectivity index (χ4n) is 1.19. The number of aromatic nitrogens is 1. The number of hydrogen-bond acceptors (Lipinski definition) is 3. The minimum absolute atomic E-state index is 0.0219. The van der Waals surface area contributed by atoms with Crippen LogP contribution in [-0.4, -0.2) is 23.2 Å². The second-order valence-corrected chi connectivity index (χ2v) is 2.98. The van der Waals surface area contributed by atoms with E-state index in [0.717, 1.165) is 18.5 Å². The highest BCUT2D eigenvalue weighted by atomic mass is 16.3. The molecule has 0 radical (unpaired) electrons. The van der Waals surface area contributed by atoms with Crippen LogP contribution in [0.15, 0.2) is 24.5 Å². The minimum Gasteiger partial charge on any atom is -0.394 e. The van der Waals surface area contributed by atoms with Gasteiger partial charge in [0.25, 0.3) is 0 Å². The van der Waals surface area contributed by atoms with E-state index in [1.54, 1.807) is 12.4 Å². The van der Waals surface area contributed by atoms with Crippen molar-refractivity contribution in [2.45, 2.75) is 19.4 Å². The van der Waals surface area contributed by atoms with Gasteiger partial charge >= 0.3 is 0 Å². The zero-order chi connectivity index (χ0) is 9.52. The lowest BCUT2D eigenvalue weighted by Gasteiger charge is -2.15. The summed E-state index contributed by atoms with van der Waals surface area (Å²) in [7, 11) is 0. The van der Waals surface area contributed by atoms with E-state index in [2.05, 4.69) is 17.2 Å². The topological polar surface area (TPSA) is 45.1 Å². The van der Waals surface area contributed by atoms with Crippen molar-refractivity contribution in [3.63, 3.8) is 0 Å². The van der Waals surface area contributed by atoms with E-state index < -0.39 is 0 Å². The third-order valence-corrected chi connectivity index (χ3v) is 1.91. The van der Waals surface area contributed by atoms with Crippen LogP contribution in [0.3, 0.4) is 0 Å². The Morgan fingerprint density at radius 3 is 3.00 bits per heavy atom. The molecule has 0 bridgehead atoms. The Hall–Kier alpha value is -0.930. The zero-order valence-electron chi connectivity index (χ0n) is 7.90. The lowest BCUT2D eigenvalue weighted by Crippen LogP contribution is -2.25. The SMILES string of the molecule is CCCNC(CO)c1cccnc1. The Kier molecular flexibility index (Phi) is 4.43. The molecule has 0 aliphatic carbocycles. The molecular formula is C10H16N2O. The number of aliphatic hydroxyl groups excluding tert-OH is 1. The first-order chi connectivity index (χ1) is 6.38. The van der Waals surface area contributed by atoms with Crippen LogP contribution >= 0.6 is 0 Å². The van der Waals surface area contributed by atoms with Crippen LogP contribution in [0.1, 0.15) is 24.9 Å². The number of aliphatic hydroxyl groups is 1. The third kappa shape index (κ3) is 3.13. The van der Waals surface area contributed by atoms with Gasteiger partial charge in [0.05, 0.1) is 12.6 Å². The van der Waals surface area contributed by atoms with Crippen LogP contribution in [0.25, 0.3) is 0 Å². The summed E-state index contributed by atoms with van der Waals surface area (Å²) in [5.41, 5.74) is 1.04. The summed E-state index contributed by atoms with van der Waals surface area (Å²) in [5.74, 6) is 0. The molecule has 0 spiro atoms. The van der Waals surface area contributed by atoms with E-state index in [0.29, 0.717) is 0 Å². The third-order valence-electron chi connectivity index (χ3n) is 1.91. The first kappa shape index (κ1) is 10.2. The van der Waals surface area contributed by atoms with Crippen molar-refractivity contribution in [1.82, 2.24) is 10.3 Å². The molecule has 1 unspecified atom stereocenters. The Morgan fingerprint density at radius 2 is 2.46 bits per heavy atom. The Balaban J connectivity index is 2.56. The van der Waals surface area contributed by atoms with Gasteiger partial charge in [0.1, 0.15) is 0 Å². The fourth-order valence-corrected chi connectivity index (χ4v) is 1.19. The normalized spacial score (nSPS) is 12.8. The largest absolute Gasteiger partial charge is 0.394 e. The van der Waals surface area contributed by atoms with Gasteiger partial charge in [-0.15, -0.1) is 0 Å². The van der Waals surface area contributed by atoms with Gasteiger partial charge in [0.15, 0.2) is 0 Å². The van der Waals surface area contributed by atoms with Crippen LogP contribution < -0.4 is 5.32 Å². The molecule has 13 heavy (non-hydrogen) atoms. The highest BCUT2D eigenvalue weighted by molar-refractivity contribution is 5.13. The van der Waals surface area contributed by atoms with Gasteiger partial charge in [-0.25, -0.2) is 0 Å². The number of nitrogens with zero attached hydrogens (tertiary/aromatic N) is 1. The number of hydrogen-bond donors (Lipinski definition) is 2. The molecule has 3 nitrogen and oxygen atoms in total. The van der Waals surface area contributed by atoms with Gasteiger partial charge in [0, 0.05) is 12.4 Å². The molecule has 0 amide bonds. The molecule has 72 valence electrons. The molecule has 1 heterocycles. The van der Waals surface area contributed by atoms with Crippen molar-refractivity contribution in [1.29, 1.82) is 0 Å². The maximum atomic E-state index is 9.12. The fraction of sp³-hybridized carbons (Fsp3) is 0.500. The van der Waals surface area contributed by atoms with E-state index in [9.17, 15) is 0 Å². The second kappa shape index (κ2) is 5.67. The monoisotopic (exact) mass is 180 g/mol. The molecule has 0 aliphatic rings. The van der Waals surface area contributed by atoms with Crippen LogP contribution in [0.4, 0.5) is 0 Å². The number of nitrogens with one attached hydrogen (secondary N) is 1. The van der Waals surface area contributed by atoms with Crippen molar-refractivity contribution in [2.24, 2.45) is 0 Å². The summed E-state index contributed by atoms with van der Waals surface area (Å²) in [6.07, 6.45) is 4.58. The average Bonchev–Trinajstić information content (AvgIpc) is 2.21. The van der Waals surface area contributed by atoms with Crippen LogP contribution in [-0.2, 0) is 0 Å². The van der Waals surface area contributed by atoms with Gasteiger partial charge in [-0.3, -0.25) is 4.98 Å². The molecule has 1 rings (SSSR count). The van der Waals surface area contributed by atoms with Crippen molar-refractivity contribution >= 4 is 0 Å². The van der Waals surface area contributed by atoms with Crippen molar-refractivity contribution in [3.05, 3.63) is 30.1 Å². The summed E-state index contributed by atoms with van der Waals surface area (Å²) >= 11 is 0. The van der Waals surface area contributed by atoms with E-state index in [4.69, 9.17) is 5.11 Å². The lowest BCUT2D eigenvalue weighted by molar-refractivity contribution is 0.244. The van der Waals surface area contributed by atoms with E-state index in [-0.39, 0.29) is 12.6 Å². The molecular weight excluding hydrogens is 164 g/mol. The highest BCUT2D eigenvalue weighted by Gasteiger charge is 2.07. The summed E-state index contributed by atoms with van der Waals surface area (Å²) in [6.45, 7) is 3.14. The Bertz CT molecular complexity index is 226. The maximum Gasteiger partial charge on any atom is 0.0627 e. The summed E-state index contributed by atoms with van der Waals surface area (Å²) in [6, 6.07) is 3.87. The molecule has 3 heteroatoms. The second-order valence-electron chi connectivity index (χ2n) is 2.98. The van der Waals surface area contributed by atoms with Crippen molar-refractivity contribution < 1.29 is 5.11 Å². The van der Waals surface area contributed by atoms with Gasteiger partial charge in [-0.2, -0.15) is 0 Å². The van der Waals surface area contributed by atoms with Crippen LogP contribution in [0, 0.1) is 0 Å².